The Balaban J connectivity index is 2.28. The number of aromatic hydroxyl groups is 1. The molecule has 0 aliphatic heterocycles. The van der Waals surface area contributed by atoms with E-state index in [0.717, 1.165) is 0 Å². The zero-order valence-corrected chi connectivity index (χ0v) is 10.00. The first-order valence-electron chi connectivity index (χ1n) is 5.49. The van der Waals surface area contributed by atoms with Crippen LogP contribution in [0.25, 0.3) is 0 Å². The Morgan fingerprint density at radius 2 is 2.05 bits per heavy atom. The second-order valence-electron chi connectivity index (χ2n) is 3.62. The molecule has 0 fully saturated rings. The summed E-state index contributed by atoms with van der Waals surface area (Å²) in [5.41, 5.74) is 1.16. The summed E-state index contributed by atoms with van der Waals surface area (Å²) in [5, 5.41) is 15.2. The first-order valence-corrected chi connectivity index (χ1v) is 5.49. The van der Waals surface area contributed by atoms with Crippen LogP contribution in [-0.4, -0.2) is 21.0 Å². The van der Waals surface area contributed by atoms with E-state index in [-0.39, 0.29) is 17.5 Å². The lowest BCUT2D eigenvalue weighted by Crippen LogP contribution is -2.09. The minimum absolute atomic E-state index is 0.0765. The number of carbonyl (C=O) groups is 1. The van der Waals surface area contributed by atoms with Gasteiger partial charge in [0.15, 0.2) is 11.6 Å². The SMILES string of the molecule is C=CC(=O)Nc1ccccc1Nc1ncncc1O. The molecule has 1 aromatic heterocycles. The van der Waals surface area contributed by atoms with Gasteiger partial charge in [-0.05, 0) is 18.2 Å². The highest BCUT2D eigenvalue weighted by molar-refractivity contribution is 6.01. The van der Waals surface area contributed by atoms with Gasteiger partial charge in [-0.2, -0.15) is 0 Å². The Morgan fingerprint density at radius 1 is 1.32 bits per heavy atom. The Labute approximate surface area is 109 Å². The third kappa shape index (κ3) is 3.06. The van der Waals surface area contributed by atoms with Crippen LogP contribution in [0.4, 0.5) is 17.2 Å². The maximum absolute atomic E-state index is 11.3. The number of hydrogen-bond acceptors (Lipinski definition) is 5. The molecule has 0 aliphatic rings. The molecule has 0 unspecified atom stereocenters. The van der Waals surface area contributed by atoms with Crippen LogP contribution < -0.4 is 10.6 Å². The molecule has 6 heteroatoms. The third-order valence-corrected chi connectivity index (χ3v) is 2.32. The maximum Gasteiger partial charge on any atom is 0.247 e. The molecule has 0 radical (unpaired) electrons. The quantitative estimate of drug-likeness (QED) is 0.729. The Morgan fingerprint density at radius 3 is 2.74 bits per heavy atom. The van der Waals surface area contributed by atoms with E-state index >= 15 is 0 Å². The molecule has 1 amide bonds. The van der Waals surface area contributed by atoms with E-state index in [1.165, 1.54) is 18.6 Å². The second-order valence-corrected chi connectivity index (χ2v) is 3.62. The average molecular weight is 256 g/mol. The zero-order valence-electron chi connectivity index (χ0n) is 10.00. The van der Waals surface area contributed by atoms with E-state index in [4.69, 9.17) is 0 Å². The normalized spacial score (nSPS) is 9.68. The van der Waals surface area contributed by atoms with Gasteiger partial charge < -0.3 is 15.7 Å². The largest absolute Gasteiger partial charge is 0.503 e. The molecule has 0 spiro atoms. The lowest BCUT2D eigenvalue weighted by atomic mass is 10.2. The number of nitrogens with one attached hydrogen (secondary N) is 2. The number of benzene rings is 1. The highest BCUT2D eigenvalue weighted by atomic mass is 16.3. The van der Waals surface area contributed by atoms with Crippen LogP contribution in [0, 0.1) is 0 Å². The molecular weight excluding hydrogens is 244 g/mol. The smallest absolute Gasteiger partial charge is 0.247 e. The molecule has 1 aromatic carbocycles. The molecule has 19 heavy (non-hydrogen) atoms. The van der Waals surface area contributed by atoms with Gasteiger partial charge in [0.1, 0.15) is 6.33 Å². The molecule has 96 valence electrons. The molecule has 2 rings (SSSR count). The summed E-state index contributed by atoms with van der Waals surface area (Å²) in [5.74, 6) is -0.135. The number of hydrogen-bond donors (Lipinski definition) is 3. The second kappa shape index (κ2) is 5.63. The molecule has 1 heterocycles. The van der Waals surface area contributed by atoms with Crippen LogP contribution in [0.2, 0.25) is 0 Å². The Bertz CT molecular complexity index is 613. The van der Waals surface area contributed by atoms with Gasteiger partial charge in [-0.25, -0.2) is 9.97 Å². The monoisotopic (exact) mass is 256 g/mol. The first kappa shape index (κ1) is 12.6. The summed E-state index contributed by atoms with van der Waals surface area (Å²) < 4.78 is 0. The van der Waals surface area contributed by atoms with Crippen LogP contribution in [0.3, 0.4) is 0 Å². The average Bonchev–Trinajstić information content (AvgIpc) is 2.43. The standard InChI is InChI=1S/C13H12N4O2/c1-2-12(19)16-9-5-3-4-6-10(9)17-13-11(18)7-14-8-15-13/h2-8,18H,1H2,(H,16,19)(H,14,15,17). The molecule has 3 N–H and O–H groups in total. The number of aromatic nitrogens is 2. The molecule has 0 bridgehead atoms. The third-order valence-electron chi connectivity index (χ3n) is 2.32. The van der Waals surface area contributed by atoms with Crippen LogP contribution in [-0.2, 0) is 4.79 Å². The summed E-state index contributed by atoms with van der Waals surface area (Å²) in [6.07, 6.45) is 3.77. The summed E-state index contributed by atoms with van der Waals surface area (Å²) in [7, 11) is 0. The molecule has 2 aromatic rings. The van der Waals surface area contributed by atoms with Crippen molar-refractivity contribution >= 4 is 23.1 Å². The number of amides is 1. The molecule has 0 saturated carbocycles. The van der Waals surface area contributed by atoms with Gasteiger partial charge in [-0.15, -0.1) is 0 Å². The first-order chi connectivity index (χ1) is 9.20. The topological polar surface area (TPSA) is 87.1 Å². The van der Waals surface area contributed by atoms with Crippen molar-refractivity contribution in [1.29, 1.82) is 0 Å². The Hall–Kier alpha value is -2.89. The fourth-order valence-electron chi connectivity index (χ4n) is 1.43. The van der Waals surface area contributed by atoms with Gasteiger partial charge in [-0.3, -0.25) is 4.79 Å². The Kier molecular flexibility index (Phi) is 3.72. The molecule has 0 saturated heterocycles. The minimum atomic E-state index is -0.318. The predicted octanol–water partition coefficient (Wildman–Crippen LogP) is 2.05. The predicted molar refractivity (Wildman–Crippen MR) is 72.2 cm³/mol. The minimum Gasteiger partial charge on any atom is -0.503 e. The van der Waals surface area contributed by atoms with Crippen molar-refractivity contribution in [3.8, 4) is 5.75 Å². The number of rotatable bonds is 4. The molecule has 6 nitrogen and oxygen atoms in total. The van der Waals surface area contributed by atoms with Gasteiger partial charge in [0.05, 0.1) is 17.6 Å². The number of carbonyl (C=O) groups excluding carboxylic acids is 1. The fraction of sp³-hybridized carbons (Fsp3) is 0. The highest BCUT2D eigenvalue weighted by Crippen LogP contribution is 2.27. The van der Waals surface area contributed by atoms with Gasteiger partial charge in [0, 0.05) is 0 Å². The van der Waals surface area contributed by atoms with Crippen LogP contribution >= 0.6 is 0 Å². The number of nitrogens with zero attached hydrogens (tertiary/aromatic N) is 2. The van der Waals surface area contributed by atoms with Gasteiger partial charge in [0.2, 0.25) is 5.91 Å². The van der Waals surface area contributed by atoms with Crippen molar-refractivity contribution in [1.82, 2.24) is 9.97 Å². The summed E-state index contributed by atoms with van der Waals surface area (Å²) in [6, 6.07) is 7.05. The van der Waals surface area contributed by atoms with Crippen LogP contribution in [0.15, 0.2) is 49.4 Å². The van der Waals surface area contributed by atoms with E-state index in [9.17, 15) is 9.90 Å². The van der Waals surface area contributed by atoms with Gasteiger partial charge in [0.25, 0.3) is 0 Å². The van der Waals surface area contributed by atoms with Crippen molar-refractivity contribution < 1.29 is 9.90 Å². The van der Waals surface area contributed by atoms with E-state index in [0.29, 0.717) is 11.4 Å². The summed E-state index contributed by atoms with van der Waals surface area (Å²) in [4.78, 5) is 18.9. The molecule has 0 atom stereocenters. The fourth-order valence-corrected chi connectivity index (χ4v) is 1.43. The van der Waals surface area contributed by atoms with Crippen molar-refractivity contribution in [2.24, 2.45) is 0 Å². The molecular formula is C13H12N4O2. The summed E-state index contributed by atoms with van der Waals surface area (Å²) in [6.45, 7) is 3.39. The van der Waals surface area contributed by atoms with E-state index in [2.05, 4.69) is 27.2 Å². The van der Waals surface area contributed by atoms with E-state index in [1.807, 2.05) is 0 Å². The van der Waals surface area contributed by atoms with E-state index in [1.54, 1.807) is 24.3 Å². The van der Waals surface area contributed by atoms with Crippen LogP contribution in [0.1, 0.15) is 0 Å². The maximum atomic E-state index is 11.3. The molecule has 0 aliphatic carbocycles. The lowest BCUT2D eigenvalue weighted by molar-refractivity contribution is -0.111. The highest BCUT2D eigenvalue weighted by Gasteiger charge is 2.07. The number of para-hydroxylation sites is 2. The van der Waals surface area contributed by atoms with E-state index < -0.39 is 0 Å². The summed E-state index contributed by atoms with van der Waals surface area (Å²) >= 11 is 0. The van der Waals surface area contributed by atoms with Crippen molar-refractivity contribution in [3.63, 3.8) is 0 Å². The van der Waals surface area contributed by atoms with Crippen molar-refractivity contribution in [2.45, 2.75) is 0 Å². The van der Waals surface area contributed by atoms with Gasteiger partial charge >= 0.3 is 0 Å². The van der Waals surface area contributed by atoms with Crippen molar-refractivity contribution in [3.05, 3.63) is 49.4 Å². The van der Waals surface area contributed by atoms with Gasteiger partial charge in [-0.1, -0.05) is 18.7 Å². The van der Waals surface area contributed by atoms with Crippen molar-refractivity contribution in [2.75, 3.05) is 10.6 Å². The zero-order chi connectivity index (χ0) is 13.7. The lowest BCUT2D eigenvalue weighted by Gasteiger charge is -2.12. The van der Waals surface area contributed by atoms with Crippen LogP contribution in [0.5, 0.6) is 5.75 Å². The number of anilines is 3.